The van der Waals surface area contributed by atoms with Crippen LogP contribution in [0.25, 0.3) is 0 Å². The van der Waals surface area contributed by atoms with E-state index in [1.807, 2.05) is 12.1 Å². The van der Waals surface area contributed by atoms with Crippen LogP contribution in [0, 0.1) is 0 Å². The molecule has 2 aromatic rings. The lowest BCUT2D eigenvalue weighted by Gasteiger charge is -2.23. The van der Waals surface area contributed by atoms with Gasteiger partial charge in [0.05, 0.1) is 18.4 Å². The third-order valence-corrected chi connectivity index (χ3v) is 5.11. The van der Waals surface area contributed by atoms with E-state index in [0.717, 1.165) is 25.7 Å². The SMILES string of the molecule is COc1ccccc1O[C@H](C)C(=O)Nc1ccccc1C(=O)NC1CCCCC1. The highest BCUT2D eigenvalue weighted by molar-refractivity contribution is 6.04. The van der Waals surface area contributed by atoms with Crippen LogP contribution >= 0.6 is 0 Å². The standard InChI is InChI=1S/C23H28N2O4/c1-16(29-21-15-9-8-14-20(21)28-2)22(26)25-19-13-7-6-12-18(19)23(27)24-17-10-4-3-5-11-17/h6-9,12-17H,3-5,10-11H2,1-2H3,(H,24,27)(H,25,26)/t16-/m1/s1. The summed E-state index contributed by atoms with van der Waals surface area (Å²) in [6.07, 6.45) is 4.75. The van der Waals surface area contributed by atoms with Crippen molar-refractivity contribution in [3.63, 3.8) is 0 Å². The molecular formula is C23H28N2O4. The molecule has 0 spiro atoms. The Kier molecular flexibility index (Phi) is 7.11. The molecule has 1 fully saturated rings. The van der Waals surface area contributed by atoms with Gasteiger partial charge in [-0.15, -0.1) is 0 Å². The average Bonchev–Trinajstić information content (AvgIpc) is 2.75. The lowest BCUT2D eigenvalue weighted by Crippen LogP contribution is -2.37. The van der Waals surface area contributed by atoms with Gasteiger partial charge in [-0.05, 0) is 44.0 Å². The van der Waals surface area contributed by atoms with Crippen molar-refractivity contribution < 1.29 is 19.1 Å². The summed E-state index contributed by atoms with van der Waals surface area (Å²) >= 11 is 0. The van der Waals surface area contributed by atoms with E-state index in [1.54, 1.807) is 50.4 Å². The van der Waals surface area contributed by atoms with Crippen molar-refractivity contribution >= 4 is 17.5 Å². The average molecular weight is 396 g/mol. The van der Waals surface area contributed by atoms with Crippen molar-refractivity contribution in [3.8, 4) is 11.5 Å². The molecule has 0 radical (unpaired) electrons. The summed E-state index contributed by atoms with van der Waals surface area (Å²) in [6.45, 7) is 1.66. The summed E-state index contributed by atoms with van der Waals surface area (Å²) in [5.41, 5.74) is 0.928. The predicted molar refractivity (Wildman–Crippen MR) is 112 cm³/mol. The number of nitrogens with one attached hydrogen (secondary N) is 2. The molecule has 1 aliphatic rings. The van der Waals surface area contributed by atoms with Gasteiger partial charge in [-0.3, -0.25) is 9.59 Å². The first-order valence-corrected chi connectivity index (χ1v) is 10.1. The number of anilines is 1. The van der Waals surface area contributed by atoms with Crippen LogP contribution in [0.5, 0.6) is 11.5 Å². The van der Waals surface area contributed by atoms with Crippen molar-refractivity contribution in [1.29, 1.82) is 0 Å². The largest absolute Gasteiger partial charge is 0.493 e. The Morgan fingerprint density at radius 1 is 0.966 bits per heavy atom. The smallest absolute Gasteiger partial charge is 0.265 e. The van der Waals surface area contributed by atoms with E-state index in [1.165, 1.54) is 6.42 Å². The number of rotatable bonds is 7. The Labute approximate surface area is 171 Å². The third kappa shape index (κ3) is 5.50. The maximum absolute atomic E-state index is 12.7. The number of carbonyl (C=O) groups excluding carboxylic acids is 2. The molecule has 0 heterocycles. The zero-order valence-electron chi connectivity index (χ0n) is 16.9. The monoisotopic (exact) mass is 396 g/mol. The topological polar surface area (TPSA) is 76.7 Å². The number of benzene rings is 2. The van der Waals surface area contributed by atoms with Gasteiger partial charge in [0.25, 0.3) is 11.8 Å². The van der Waals surface area contributed by atoms with Gasteiger partial charge in [-0.1, -0.05) is 43.5 Å². The molecule has 0 aromatic heterocycles. The Balaban J connectivity index is 1.66. The minimum Gasteiger partial charge on any atom is -0.493 e. The molecule has 1 atom stereocenters. The maximum atomic E-state index is 12.7. The van der Waals surface area contributed by atoms with Gasteiger partial charge < -0.3 is 20.1 Å². The number of amides is 2. The second kappa shape index (κ2) is 9.96. The zero-order chi connectivity index (χ0) is 20.6. The first-order chi connectivity index (χ1) is 14.1. The van der Waals surface area contributed by atoms with Gasteiger partial charge in [0, 0.05) is 6.04 Å². The van der Waals surface area contributed by atoms with Crippen LogP contribution in [0.15, 0.2) is 48.5 Å². The molecule has 29 heavy (non-hydrogen) atoms. The molecule has 1 saturated carbocycles. The molecule has 1 aliphatic carbocycles. The van der Waals surface area contributed by atoms with Gasteiger partial charge in [-0.2, -0.15) is 0 Å². The maximum Gasteiger partial charge on any atom is 0.265 e. The van der Waals surface area contributed by atoms with E-state index in [9.17, 15) is 9.59 Å². The third-order valence-electron chi connectivity index (χ3n) is 5.11. The Bertz CT molecular complexity index is 846. The minimum atomic E-state index is -0.763. The Morgan fingerprint density at radius 3 is 2.34 bits per heavy atom. The molecule has 154 valence electrons. The fraction of sp³-hybridized carbons (Fsp3) is 0.391. The van der Waals surface area contributed by atoms with Crippen LogP contribution in [-0.2, 0) is 4.79 Å². The van der Waals surface area contributed by atoms with Crippen molar-refractivity contribution in [3.05, 3.63) is 54.1 Å². The lowest BCUT2D eigenvalue weighted by molar-refractivity contribution is -0.122. The summed E-state index contributed by atoms with van der Waals surface area (Å²) in [5, 5.41) is 5.92. The van der Waals surface area contributed by atoms with Crippen LogP contribution in [0.3, 0.4) is 0 Å². The highest BCUT2D eigenvalue weighted by Crippen LogP contribution is 2.27. The summed E-state index contributed by atoms with van der Waals surface area (Å²) in [5.74, 6) is 0.542. The fourth-order valence-electron chi connectivity index (χ4n) is 3.49. The van der Waals surface area contributed by atoms with Gasteiger partial charge in [-0.25, -0.2) is 0 Å². The van der Waals surface area contributed by atoms with Gasteiger partial charge >= 0.3 is 0 Å². The van der Waals surface area contributed by atoms with Crippen LogP contribution in [-0.4, -0.2) is 31.1 Å². The normalized spacial score (nSPS) is 15.2. The number of ether oxygens (including phenoxy) is 2. The van der Waals surface area contributed by atoms with Crippen molar-refractivity contribution in [2.45, 2.75) is 51.2 Å². The molecule has 0 bridgehead atoms. The molecule has 2 amide bonds. The van der Waals surface area contributed by atoms with Crippen LogP contribution in [0.4, 0.5) is 5.69 Å². The van der Waals surface area contributed by atoms with E-state index < -0.39 is 6.10 Å². The number of hydrogen-bond acceptors (Lipinski definition) is 4. The Morgan fingerprint density at radius 2 is 1.62 bits per heavy atom. The minimum absolute atomic E-state index is 0.161. The highest BCUT2D eigenvalue weighted by Gasteiger charge is 2.21. The van der Waals surface area contributed by atoms with Crippen LogP contribution < -0.4 is 20.1 Å². The molecule has 2 aromatic carbocycles. The summed E-state index contributed by atoms with van der Waals surface area (Å²) in [7, 11) is 1.55. The molecular weight excluding hydrogens is 368 g/mol. The molecule has 6 nitrogen and oxygen atoms in total. The van der Waals surface area contributed by atoms with Gasteiger partial charge in [0.2, 0.25) is 0 Å². The number of carbonyl (C=O) groups is 2. The van der Waals surface area contributed by atoms with Crippen LogP contribution in [0.2, 0.25) is 0 Å². The second-order valence-corrected chi connectivity index (χ2v) is 7.25. The second-order valence-electron chi connectivity index (χ2n) is 7.25. The van der Waals surface area contributed by atoms with E-state index in [0.29, 0.717) is 22.7 Å². The van der Waals surface area contributed by atoms with Gasteiger partial charge in [0.15, 0.2) is 17.6 Å². The summed E-state index contributed by atoms with van der Waals surface area (Å²) in [4.78, 5) is 25.4. The molecule has 0 aliphatic heterocycles. The number of methoxy groups -OCH3 is 1. The molecule has 0 saturated heterocycles. The predicted octanol–water partition coefficient (Wildman–Crippen LogP) is 4.16. The fourth-order valence-corrected chi connectivity index (χ4v) is 3.49. The number of hydrogen-bond donors (Lipinski definition) is 2. The molecule has 6 heteroatoms. The number of para-hydroxylation sites is 3. The van der Waals surface area contributed by atoms with E-state index in [4.69, 9.17) is 9.47 Å². The Hall–Kier alpha value is -3.02. The van der Waals surface area contributed by atoms with E-state index in [2.05, 4.69) is 10.6 Å². The summed E-state index contributed by atoms with van der Waals surface area (Å²) in [6, 6.07) is 14.4. The quantitative estimate of drug-likeness (QED) is 0.737. The van der Waals surface area contributed by atoms with Gasteiger partial charge in [0.1, 0.15) is 0 Å². The first-order valence-electron chi connectivity index (χ1n) is 10.1. The zero-order valence-corrected chi connectivity index (χ0v) is 16.9. The molecule has 3 rings (SSSR count). The lowest BCUT2D eigenvalue weighted by atomic mass is 9.95. The van der Waals surface area contributed by atoms with Crippen molar-refractivity contribution in [2.75, 3.05) is 12.4 Å². The van der Waals surface area contributed by atoms with Crippen molar-refractivity contribution in [2.24, 2.45) is 0 Å². The van der Waals surface area contributed by atoms with E-state index >= 15 is 0 Å². The first kappa shape index (κ1) is 20.7. The molecule has 0 unspecified atom stereocenters. The summed E-state index contributed by atoms with van der Waals surface area (Å²) < 4.78 is 11.0. The van der Waals surface area contributed by atoms with Crippen molar-refractivity contribution in [1.82, 2.24) is 5.32 Å². The highest BCUT2D eigenvalue weighted by atomic mass is 16.5. The van der Waals surface area contributed by atoms with E-state index in [-0.39, 0.29) is 17.9 Å². The van der Waals surface area contributed by atoms with Crippen LogP contribution in [0.1, 0.15) is 49.4 Å². The molecule has 2 N–H and O–H groups in total.